The van der Waals surface area contributed by atoms with E-state index in [1.165, 1.54) is 0 Å². The smallest absolute Gasteiger partial charge is 0.438 e. The van der Waals surface area contributed by atoms with Crippen molar-refractivity contribution in [3.05, 3.63) is 60.5 Å². The molecule has 0 amide bonds. The predicted molar refractivity (Wildman–Crippen MR) is 119 cm³/mol. The Morgan fingerprint density at radius 2 is 1.91 bits per heavy atom. The molecule has 0 unspecified atom stereocenters. The Balaban J connectivity index is 1.42. The molecule has 4 rings (SSSR count). The van der Waals surface area contributed by atoms with Crippen molar-refractivity contribution in [2.24, 2.45) is 0 Å². The maximum absolute atomic E-state index is 14.3. The predicted octanol–water partition coefficient (Wildman–Crippen LogP) is 3.51. The molecule has 3 N–H and O–H groups in total. The molecule has 2 heterocycles. The van der Waals surface area contributed by atoms with Crippen LogP contribution in [0.1, 0.15) is 6.92 Å². The third-order valence-electron chi connectivity index (χ3n) is 4.28. The molecule has 0 saturated carbocycles. The lowest BCUT2D eigenvalue weighted by atomic mass is 9.96. The Bertz CT molecular complexity index is 1100. The Morgan fingerprint density at radius 1 is 1.16 bits per heavy atom. The van der Waals surface area contributed by atoms with Crippen LogP contribution in [0, 0.1) is 5.82 Å². The summed E-state index contributed by atoms with van der Waals surface area (Å²) in [6.45, 7) is 2.49. The average Bonchev–Trinajstić information content (AvgIpc) is 3.59. The van der Waals surface area contributed by atoms with Crippen LogP contribution in [0.5, 0.6) is 5.75 Å². The van der Waals surface area contributed by atoms with Crippen LogP contribution in [0.4, 0.5) is 33.2 Å². The zero-order chi connectivity index (χ0) is 22.3. The molecule has 0 bridgehead atoms. The third kappa shape index (κ3) is 6.08. The molecule has 32 heavy (non-hydrogen) atoms. The number of hydrogen-bond acceptors (Lipinski definition) is 9. The van der Waals surface area contributed by atoms with Crippen molar-refractivity contribution in [1.29, 1.82) is 0 Å². The Morgan fingerprint density at radius 3 is 2.69 bits per heavy atom. The van der Waals surface area contributed by atoms with E-state index < -0.39 is 11.8 Å². The standard InChI is InChI=1S/C21H21BFN5O4/c1-2-30-19(29)12-31-17-8-4-6-15(10-17)26-21-24-11-18(23)20(27-21)25-14-5-3-7-16(9-14)28-22-13-32-22/h3-11,28H,2,12-13H2,1H3,(H2,24,25,26,27). The van der Waals surface area contributed by atoms with E-state index in [2.05, 4.69) is 25.8 Å². The van der Waals surface area contributed by atoms with Crippen molar-refractivity contribution in [3.63, 3.8) is 0 Å². The van der Waals surface area contributed by atoms with Gasteiger partial charge in [0.25, 0.3) is 0 Å². The number of halogens is 1. The fourth-order valence-electron chi connectivity index (χ4n) is 2.79. The molecule has 2 aromatic carbocycles. The second kappa shape index (κ2) is 9.97. The van der Waals surface area contributed by atoms with Crippen molar-refractivity contribution in [2.75, 3.05) is 35.6 Å². The molecule has 1 fully saturated rings. The topological polar surface area (TPSA) is 110 Å². The van der Waals surface area contributed by atoms with E-state index in [0.29, 0.717) is 23.6 Å². The molecule has 1 aliphatic rings. The van der Waals surface area contributed by atoms with Crippen LogP contribution in [-0.2, 0) is 14.2 Å². The number of carbonyl (C=O) groups is 1. The molecule has 11 heteroatoms. The minimum atomic E-state index is -0.592. The van der Waals surface area contributed by atoms with E-state index in [9.17, 15) is 9.18 Å². The summed E-state index contributed by atoms with van der Waals surface area (Å²) in [5.74, 6) is -0.361. The summed E-state index contributed by atoms with van der Waals surface area (Å²) >= 11 is 0. The van der Waals surface area contributed by atoms with Crippen molar-refractivity contribution >= 4 is 41.8 Å². The first-order valence-electron chi connectivity index (χ1n) is 10.0. The molecule has 0 atom stereocenters. The van der Waals surface area contributed by atoms with Crippen LogP contribution >= 0.6 is 0 Å². The highest BCUT2D eigenvalue weighted by molar-refractivity contribution is 6.63. The SMILES string of the molecule is CCOC(=O)COc1cccc(Nc2ncc(F)c(Nc3cccc(NB4CO4)c3)n2)c1. The summed E-state index contributed by atoms with van der Waals surface area (Å²) in [5.41, 5.74) is 2.12. The van der Waals surface area contributed by atoms with Crippen molar-refractivity contribution in [2.45, 2.75) is 6.92 Å². The fraction of sp³-hybridized carbons (Fsp3) is 0.190. The number of anilines is 5. The number of esters is 1. The van der Waals surface area contributed by atoms with Gasteiger partial charge in [0.15, 0.2) is 18.2 Å². The number of rotatable bonds is 10. The largest absolute Gasteiger partial charge is 0.482 e. The molecule has 1 aromatic heterocycles. The monoisotopic (exact) mass is 437 g/mol. The van der Waals surface area contributed by atoms with E-state index in [4.69, 9.17) is 14.1 Å². The van der Waals surface area contributed by atoms with Gasteiger partial charge in [0, 0.05) is 23.1 Å². The number of carbonyl (C=O) groups excluding carboxylic acids is 1. The molecule has 9 nitrogen and oxygen atoms in total. The number of nitrogens with one attached hydrogen (secondary N) is 3. The van der Waals surface area contributed by atoms with Crippen LogP contribution < -0.4 is 20.6 Å². The van der Waals surface area contributed by atoms with Crippen molar-refractivity contribution in [1.82, 2.24) is 9.97 Å². The second-order valence-electron chi connectivity index (χ2n) is 6.81. The van der Waals surface area contributed by atoms with Gasteiger partial charge in [-0.05, 0) is 37.3 Å². The maximum atomic E-state index is 14.3. The van der Waals surface area contributed by atoms with Gasteiger partial charge in [-0.3, -0.25) is 0 Å². The maximum Gasteiger partial charge on any atom is 0.438 e. The third-order valence-corrected chi connectivity index (χ3v) is 4.28. The van der Waals surface area contributed by atoms with Crippen LogP contribution in [0.25, 0.3) is 0 Å². The summed E-state index contributed by atoms with van der Waals surface area (Å²) in [6, 6.07) is 14.3. The quantitative estimate of drug-likeness (QED) is 0.249. The summed E-state index contributed by atoms with van der Waals surface area (Å²) in [7, 11) is 0.0221. The highest BCUT2D eigenvalue weighted by Crippen LogP contribution is 2.24. The molecule has 1 saturated heterocycles. The first-order valence-corrected chi connectivity index (χ1v) is 10.0. The average molecular weight is 437 g/mol. The van der Waals surface area contributed by atoms with E-state index in [1.807, 2.05) is 18.2 Å². The molecule has 1 aliphatic heterocycles. The van der Waals surface area contributed by atoms with Gasteiger partial charge in [-0.15, -0.1) is 0 Å². The van der Waals surface area contributed by atoms with Crippen LogP contribution in [0.2, 0.25) is 0 Å². The minimum absolute atomic E-state index is 0.0221. The zero-order valence-electron chi connectivity index (χ0n) is 17.3. The number of hydrogen-bond donors (Lipinski definition) is 3. The number of nitrogens with zero attached hydrogens (tertiary/aromatic N) is 2. The van der Waals surface area contributed by atoms with Crippen LogP contribution in [-0.4, -0.2) is 42.7 Å². The molecule has 0 spiro atoms. The van der Waals surface area contributed by atoms with Crippen LogP contribution in [0.3, 0.4) is 0 Å². The van der Waals surface area contributed by atoms with E-state index in [0.717, 1.165) is 11.9 Å². The summed E-state index contributed by atoms with van der Waals surface area (Å²) in [5, 5.41) is 9.16. The van der Waals surface area contributed by atoms with Crippen molar-refractivity contribution in [3.8, 4) is 5.75 Å². The van der Waals surface area contributed by atoms with Crippen molar-refractivity contribution < 1.29 is 23.3 Å². The summed E-state index contributed by atoms with van der Waals surface area (Å²) in [6.07, 6.45) is 1.08. The fourth-order valence-corrected chi connectivity index (χ4v) is 2.79. The number of ether oxygens (including phenoxy) is 2. The van der Waals surface area contributed by atoms with Gasteiger partial charge in [0.2, 0.25) is 5.95 Å². The first kappa shape index (κ1) is 21.4. The molecular weight excluding hydrogens is 416 g/mol. The van der Waals surface area contributed by atoms with Gasteiger partial charge in [0.05, 0.1) is 19.3 Å². The Kier molecular flexibility index (Phi) is 6.66. The highest BCUT2D eigenvalue weighted by Gasteiger charge is 2.30. The van der Waals surface area contributed by atoms with Gasteiger partial charge in [0.1, 0.15) is 5.75 Å². The highest BCUT2D eigenvalue weighted by atomic mass is 19.1. The van der Waals surface area contributed by atoms with Crippen LogP contribution in [0.15, 0.2) is 54.7 Å². The minimum Gasteiger partial charge on any atom is -0.482 e. The zero-order valence-corrected chi connectivity index (χ0v) is 17.3. The molecule has 0 aliphatic carbocycles. The lowest BCUT2D eigenvalue weighted by Gasteiger charge is -2.11. The van der Waals surface area contributed by atoms with E-state index in [1.54, 1.807) is 37.3 Å². The van der Waals surface area contributed by atoms with Gasteiger partial charge < -0.3 is 30.0 Å². The van der Waals surface area contributed by atoms with Gasteiger partial charge in [-0.1, -0.05) is 12.1 Å². The summed E-state index contributed by atoms with van der Waals surface area (Å²) < 4.78 is 29.7. The molecule has 3 aromatic rings. The van der Waals surface area contributed by atoms with E-state index >= 15 is 0 Å². The first-order chi connectivity index (χ1) is 15.6. The normalized spacial score (nSPS) is 12.1. The van der Waals surface area contributed by atoms with Gasteiger partial charge in [-0.2, -0.15) is 4.98 Å². The number of benzene rings is 2. The Hall–Kier alpha value is -3.86. The Labute approximate surface area is 184 Å². The lowest BCUT2D eigenvalue weighted by molar-refractivity contribution is -0.145. The van der Waals surface area contributed by atoms with Gasteiger partial charge in [-0.25, -0.2) is 14.2 Å². The molecular formula is C21H21BFN5O4. The number of aromatic nitrogens is 2. The van der Waals surface area contributed by atoms with Gasteiger partial charge >= 0.3 is 13.0 Å². The lowest BCUT2D eigenvalue weighted by Crippen LogP contribution is -2.14. The second-order valence-corrected chi connectivity index (χ2v) is 6.81. The van der Waals surface area contributed by atoms with E-state index in [-0.39, 0.29) is 32.0 Å². The summed E-state index contributed by atoms with van der Waals surface area (Å²) in [4.78, 5) is 19.7. The molecule has 0 radical (unpaired) electrons. The molecule has 164 valence electrons.